The van der Waals surface area contributed by atoms with Crippen LogP contribution in [0.3, 0.4) is 0 Å². The van der Waals surface area contributed by atoms with Gasteiger partial charge in [0.05, 0.1) is 18.0 Å². The van der Waals surface area contributed by atoms with Gasteiger partial charge >= 0.3 is 0 Å². The summed E-state index contributed by atoms with van der Waals surface area (Å²) in [5.74, 6) is -0.813. The molecule has 0 saturated carbocycles. The van der Waals surface area contributed by atoms with E-state index in [-0.39, 0.29) is 18.1 Å². The lowest BCUT2D eigenvalue weighted by molar-refractivity contribution is 0.0267. The molecule has 0 unspecified atom stereocenters. The molecule has 3 atom stereocenters. The van der Waals surface area contributed by atoms with Crippen LogP contribution in [0.2, 0.25) is 0 Å². The zero-order chi connectivity index (χ0) is 23.0. The van der Waals surface area contributed by atoms with Gasteiger partial charge in [0, 0.05) is 16.5 Å². The van der Waals surface area contributed by atoms with E-state index in [9.17, 15) is 13.6 Å². The maximum absolute atomic E-state index is 14.4. The largest absolute Gasteiger partial charge is 0.369 e. The van der Waals surface area contributed by atoms with Crippen LogP contribution in [0.4, 0.5) is 14.5 Å². The first-order valence-electron chi connectivity index (χ1n) is 10.4. The minimum absolute atomic E-state index is 0.123. The van der Waals surface area contributed by atoms with Gasteiger partial charge in [-0.15, -0.1) is 11.3 Å². The molecule has 0 spiro atoms. The molecule has 1 aromatic carbocycles. The predicted octanol–water partition coefficient (Wildman–Crippen LogP) is 4.37. The summed E-state index contributed by atoms with van der Waals surface area (Å²) in [6.45, 7) is 5.22. The normalized spacial score (nSPS) is 21.4. The lowest BCUT2D eigenvalue weighted by Crippen LogP contribution is -2.32. The monoisotopic (exact) mass is 461 g/mol. The molecule has 1 amide bonds. The molecule has 3 aromatic rings. The number of aromatic nitrogens is 3. The Kier molecular flexibility index (Phi) is 6.36. The number of alkyl halides is 1. The van der Waals surface area contributed by atoms with E-state index in [0.29, 0.717) is 45.4 Å². The van der Waals surface area contributed by atoms with Gasteiger partial charge in [0.25, 0.3) is 5.91 Å². The average Bonchev–Trinajstić information content (AvgIpc) is 3.25. The fraction of sp³-hybridized carbons (Fsp3) is 0.409. The van der Waals surface area contributed by atoms with E-state index in [1.165, 1.54) is 17.4 Å². The van der Waals surface area contributed by atoms with Gasteiger partial charge in [-0.2, -0.15) is 5.10 Å². The Morgan fingerprint density at radius 2 is 2.09 bits per heavy atom. The van der Waals surface area contributed by atoms with Crippen molar-refractivity contribution in [1.82, 2.24) is 15.2 Å². The van der Waals surface area contributed by atoms with E-state index < -0.39 is 24.2 Å². The van der Waals surface area contributed by atoms with Gasteiger partial charge in [-0.3, -0.25) is 9.89 Å². The van der Waals surface area contributed by atoms with Crippen LogP contribution in [0.5, 0.6) is 0 Å². The number of halogens is 2. The van der Waals surface area contributed by atoms with E-state index in [1.54, 1.807) is 32.9 Å². The van der Waals surface area contributed by atoms with Gasteiger partial charge in [-0.05, 0) is 45.2 Å². The molecular weight excluding hydrogens is 436 g/mol. The Labute approximate surface area is 188 Å². The lowest BCUT2D eigenvalue weighted by atomic mass is 10.0. The Bertz CT molecular complexity index is 1110. The molecular formula is C22H25F2N5O2S. The summed E-state index contributed by atoms with van der Waals surface area (Å²) < 4.78 is 34.0. The van der Waals surface area contributed by atoms with Gasteiger partial charge in [-0.25, -0.2) is 13.8 Å². The van der Waals surface area contributed by atoms with Crippen LogP contribution in [0.1, 0.15) is 51.3 Å². The first kappa shape index (κ1) is 22.5. The van der Waals surface area contributed by atoms with Crippen LogP contribution in [0.15, 0.2) is 18.2 Å². The van der Waals surface area contributed by atoms with Crippen LogP contribution >= 0.6 is 11.3 Å². The fourth-order valence-electron chi connectivity index (χ4n) is 3.78. The molecule has 1 fully saturated rings. The number of carbonyl (C=O) groups excluding carboxylic acids is 1. The number of aryl methyl sites for hydroxylation is 3. The lowest BCUT2D eigenvalue weighted by Gasteiger charge is -2.15. The molecule has 0 aliphatic carbocycles. The number of thiazole rings is 1. The Morgan fingerprint density at radius 3 is 2.84 bits per heavy atom. The summed E-state index contributed by atoms with van der Waals surface area (Å²) in [4.78, 5) is 18.2. The summed E-state index contributed by atoms with van der Waals surface area (Å²) in [5.41, 5.74) is 8.78. The molecule has 0 bridgehead atoms. The van der Waals surface area contributed by atoms with Gasteiger partial charge in [0.2, 0.25) is 0 Å². The van der Waals surface area contributed by atoms with Crippen molar-refractivity contribution in [3.05, 3.63) is 51.5 Å². The quantitative estimate of drug-likeness (QED) is 0.535. The number of ether oxygens (including phenoxy) is 1. The number of anilines is 1. The number of nitrogens with one attached hydrogen (secondary N) is 2. The maximum atomic E-state index is 14.4. The average molecular weight is 462 g/mol. The number of carbonyl (C=O) groups is 1. The van der Waals surface area contributed by atoms with Crippen LogP contribution in [-0.2, 0) is 4.74 Å². The topological polar surface area (TPSA) is 106 Å². The summed E-state index contributed by atoms with van der Waals surface area (Å²) in [7, 11) is 0. The molecule has 3 heterocycles. The number of rotatable bonds is 4. The van der Waals surface area contributed by atoms with E-state index in [4.69, 9.17) is 10.5 Å². The molecule has 10 heteroatoms. The molecule has 0 radical (unpaired) electrons. The number of aromatic amines is 1. The van der Waals surface area contributed by atoms with Crippen molar-refractivity contribution in [1.29, 1.82) is 0 Å². The molecule has 1 aliphatic rings. The first-order chi connectivity index (χ1) is 15.3. The van der Waals surface area contributed by atoms with E-state index in [0.717, 1.165) is 5.56 Å². The van der Waals surface area contributed by atoms with E-state index in [2.05, 4.69) is 20.5 Å². The highest BCUT2D eigenvalue weighted by atomic mass is 32.1. The summed E-state index contributed by atoms with van der Waals surface area (Å²) in [6, 6.07) is 4.23. The smallest absolute Gasteiger partial charge is 0.275 e. The number of nitrogens with two attached hydrogens (primary N) is 1. The molecule has 32 heavy (non-hydrogen) atoms. The third-order valence-electron chi connectivity index (χ3n) is 5.65. The van der Waals surface area contributed by atoms with Crippen LogP contribution in [0.25, 0.3) is 10.6 Å². The second-order valence-corrected chi connectivity index (χ2v) is 9.20. The number of nitrogens with zero attached hydrogens (tertiary/aromatic N) is 2. The number of benzene rings is 1. The molecule has 1 saturated heterocycles. The molecule has 4 N–H and O–H groups in total. The van der Waals surface area contributed by atoms with Crippen LogP contribution in [0, 0.1) is 26.6 Å². The standard InChI is InChI=1S/C22H25F2N5O2S/c1-10-5-4-6-13(23)17(10)22-27-19(12(3)32-22)21(30)26-18-11(2)28-29-20(18)16-8-7-15(25)14(24)9-31-16/h4-6,14-16H,7-9,25H2,1-3H3,(H,26,30)(H,28,29)/t14-,15-,16+/m1/s1. The van der Waals surface area contributed by atoms with Crippen molar-refractivity contribution in [2.45, 2.75) is 51.9 Å². The SMILES string of the molecule is Cc1cccc(F)c1-c1nc(C(=O)Nc2c([C@@H]3CC[C@@H](N)[C@H](F)CO3)n[nH]c2C)c(C)s1. The van der Waals surface area contributed by atoms with Crippen molar-refractivity contribution in [2.75, 3.05) is 11.9 Å². The number of amides is 1. The molecule has 7 nitrogen and oxygen atoms in total. The zero-order valence-corrected chi connectivity index (χ0v) is 18.9. The fourth-order valence-corrected chi connectivity index (χ4v) is 4.81. The highest BCUT2D eigenvalue weighted by Crippen LogP contribution is 2.35. The van der Waals surface area contributed by atoms with E-state index >= 15 is 0 Å². The summed E-state index contributed by atoms with van der Waals surface area (Å²) in [5, 5.41) is 10.4. The Hall–Kier alpha value is -2.69. The minimum Gasteiger partial charge on any atom is -0.369 e. The second kappa shape index (κ2) is 9.05. The van der Waals surface area contributed by atoms with Gasteiger partial charge in [-0.1, -0.05) is 12.1 Å². The second-order valence-electron chi connectivity index (χ2n) is 8.00. The van der Waals surface area contributed by atoms with Gasteiger partial charge < -0.3 is 15.8 Å². The molecule has 170 valence electrons. The maximum Gasteiger partial charge on any atom is 0.275 e. The molecule has 2 aromatic heterocycles. The first-order valence-corrected chi connectivity index (χ1v) is 11.2. The highest BCUT2D eigenvalue weighted by molar-refractivity contribution is 7.15. The molecule has 1 aliphatic heterocycles. The van der Waals surface area contributed by atoms with E-state index in [1.807, 2.05) is 0 Å². The summed E-state index contributed by atoms with van der Waals surface area (Å²) >= 11 is 1.26. The number of H-pyrrole nitrogens is 1. The van der Waals surface area contributed by atoms with Crippen molar-refractivity contribution in [3.8, 4) is 10.6 Å². The van der Waals surface area contributed by atoms with Gasteiger partial charge in [0.1, 0.15) is 34.5 Å². The van der Waals surface area contributed by atoms with Crippen LogP contribution < -0.4 is 11.1 Å². The van der Waals surface area contributed by atoms with Crippen molar-refractivity contribution in [3.63, 3.8) is 0 Å². The Balaban J connectivity index is 1.59. The minimum atomic E-state index is -1.24. The van der Waals surface area contributed by atoms with Crippen molar-refractivity contribution in [2.24, 2.45) is 5.73 Å². The van der Waals surface area contributed by atoms with Gasteiger partial charge in [0.15, 0.2) is 0 Å². The third-order valence-corrected chi connectivity index (χ3v) is 6.64. The number of hydrogen-bond donors (Lipinski definition) is 3. The third kappa shape index (κ3) is 4.30. The predicted molar refractivity (Wildman–Crippen MR) is 119 cm³/mol. The Morgan fingerprint density at radius 1 is 1.31 bits per heavy atom. The highest BCUT2D eigenvalue weighted by Gasteiger charge is 2.30. The van der Waals surface area contributed by atoms with Crippen molar-refractivity contribution < 1.29 is 18.3 Å². The van der Waals surface area contributed by atoms with Crippen LogP contribution in [-0.4, -0.2) is 39.9 Å². The zero-order valence-electron chi connectivity index (χ0n) is 18.0. The van der Waals surface area contributed by atoms with Crippen molar-refractivity contribution >= 4 is 22.9 Å². The molecule has 4 rings (SSSR count). The number of hydrogen-bond acceptors (Lipinski definition) is 6. The summed E-state index contributed by atoms with van der Waals surface area (Å²) in [6.07, 6.45) is -0.797.